The van der Waals surface area contributed by atoms with Crippen molar-refractivity contribution < 1.29 is 4.42 Å². The first kappa shape index (κ1) is 11.3. The molecule has 0 aromatic carbocycles. The smallest absolute Gasteiger partial charge is 0.121 e. The molecule has 80 valence electrons. The first-order valence-electron chi connectivity index (χ1n) is 5.21. The highest BCUT2D eigenvalue weighted by Gasteiger charge is 2.28. The fourth-order valence-corrected chi connectivity index (χ4v) is 1.36. The van der Waals surface area contributed by atoms with E-state index in [-0.39, 0.29) is 11.5 Å². The van der Waals surface area contributed by atoms with Gasteiger partial charge in [0.25, 0.3) is 0 Å². The van der Waals surface area contributed by atoms with Gasteiger partial charge in [-0.05, 0) is 37.3 Å². The van der Waals surface area contributed by atoms with Crippen molar-refractivity contribution in [3.8, 4) is 0 Å². The largest absolute Gasteiger partial charge is 0.464 e. The van der Waals surface area contributed by atoms with E-state index in [0.29, 0.717) is 0 Å². The summed E-state index contributed by atoms with van der Waals surface area (Å²) in [4.78, 5) is 0. The maximum Gasteiger partial charge on any atom is 0.121 e. The number of hydrogen-bond acceptors (Lipinski definition) is 2. The molecule has 2 N–H and O–H groups in total. The molecule has 1 atom stereocenters. The summed E-state index contributed by atoms with van der Waals surface area (Å²) in [5, 5.41) is 0. The van der Waals surface area contributed by atoms with Crippen molar-refractivity contribution in [3.63, 3.8) is 0 Å². The summed E-state index contributed by atoms with van der Waals surface area (Å²) in [6, 6.07) is 2.04. The lowest BCUT2D eigenvalue weighted by atomic mass is 9.81. The minimum atomic E-state index is -0.0140. The maximum atomic E-state index is 6.17. The van der Waals surface area contributed by atoms with Gasteiger partial charge in [0.1, 0.15) is 11.5 Å². The summed E-state index contributed by atoms with van der Waals surface area (Å²) in [7, 11) is 0. The van der Waals surface area contributed by atoms with Crippen molar-refractivity contribution in [1.29, 1.82) is 0 Å². The highest BCUT2D eigenvalue weighted by Crippen LogP contribution is 2.35. The monoisotopic (exact) mass is 195 g/mol. The van der Waals surface area contributed by atoms with E-state index in [1.165, 1.54) is 5.56 Å². The fraction of sp³-hybridized carbons (Fsp3) is 0.667. The Morgan fingerprint density at radius 1 is 1.43 bits per heavy atom. The van der Waals surface area contributed by atoms with Crippen LogP contribution in [0.25, 0.3) is 0 Å². The molecule has 0 aliphatic rings. The molecule has 0 fully saturated rings. The molecule has 0 radical (unpaired) electrons. The van der Waals surface area contributed by atoms with Crippen molar-refractivity contribution in [2.75, 3.05) is 0 Å². The molecule has 0 aliphatic heterocycles. The van der Waals surface area contributed by atoms with Crippen LogP contribution in [0.15, 0.2) is 10.5 Å². The number of hydrogen-bond donors (Lipinski definition) is 1. The Balaban J connectivity index is 2.94. The molecule has 2 nitrogen and oxygen atoms in total. The molecular formula is C12H21NO. The van der Waals surface area contributed by atoms with Gasteiger partial charge in [-0.25, -0.2) is 0 Å². The van der Waals surface area contributed by atoms with Crippen LogP contribution in [0, 0.1) is 19.3 Å². The van der Waals surface area contributed by atoms with Crippen LogP contribution in [0.1, 0.15) is 50.3 Å². The Kier molecular flexibility index (Phi) is 3.05. The Hall–Kier alpha value is -0.760. The molecule has 0 amide bonds. The van der Waals surface area contributed by atoms with Gasteiger partial charge in [0.2, 0.25) is 0 Å². The third-order valence-electron chi connectivity index (χ3n) is 3.24. The SMILES string of the molecule is CCC(C)(C)C(N)c1cc(C)c(C)o1. The van der Waals surface area contributed by atoms with Crippen molar-refractivity contribution in [3.05, 3.63) is 23.2 Å². The number of rotatable bonds is 3. The summed E-state index contributed by atoms with van der Waals surface area (Å²) < 4.78 is 5.64. The van der Waals surface area contributed by atoms with Crippen LogP contribution in [-0.2, 0) is 0 Å². The fourth-order valence-electron chi connectivity index (χ4n) is 1.36. The van der Waals surface area contributed by atoms with Crippen molar-refractivity contribution in [2.24, 2.45) is 11.1 Å². The van der Waals surface area contributed by atoms with Gasteiger partial charge in [-0.15, -0.1) is 0 Å². The predicted molar refractivity (Wildman–Crippen MR) is 59.2 cm³/mol. The van der Waals surface area contributed by atoms with Gasteiger partial charge >= 0.3 is 0 Å². The van der Waals surface area contributed by atoms with Crippen molar-refractivity contribution >= 4 is 0 Å². The molecule has 1 heterocycles. The van der Waals surface area contributed by atoms with Crippen LogP contribution in [0.2, 0.25) is 0 Å². The lowest BCUT2D eigenvalue weighted by molar-refractivity contribution is 0.245. The van der Waals surface area contributed by atoms with E-state index in [1.807, 2.05) is 13.8 Å². The third kappa shape index (κ3) is 2.01. The van der Waals surface area contributed by atoms with Gasteiger partial charge in [-0.3, -0.25) is 0 Å². The summed E-state index contributed by atoms with van der Waals surface area (Å²) in [5.41, 5.74) is 7.45. The highest BCUT2D eigenvalue weighted by atomic mass is 16.3. The molecule has 1 aromatic rings. The maximum absolute atomic E-state index is 6.17. The molecule has 0 bridgehead atoms. The average molecular weight is 195 g/mol. The summed E-state index contributed by atoms with van der Waals surface area (Å²) in [5.74, 6) is 1.88. The van der Waals surface area contributed by atoms with Gasteiger partial charge < -0.3 is 10.2 Å². The van der Waals surface area contributed by atoms with E-state index in [1.54, 1.807) is 0 Å². The second-order valence-electron chi connectivity index (χ2n) is 4.71. The van der Waals surface area contributed by atoms with Crippen LogP contribution in [0.4, 0.5) is 0 Å². The molecular weight excluding hydrogens is 174 g/mol. The Bertz CT molecular complexity index is 293. The summed E-state index contributed by atoms with van der Waals surface area (Å²) >= 11 is 0. The van der Waals surface area contributed by atoms with E-state index in [2.05, 4.69) is 26.8 Å². The molecule has 14 heavy (non-hydrogen) atoms. The molecule has 0 saturated carbocycles. The summed E-state index contributed by atoms with van der Waals surface area (Å²) in [6.45, 7) is 10.5. The van der Waals surface area contributed by atoms with Crippen LogP contribution < -0.4 is 5.73 Å². The van der Waals surface area contributed by atoms with Crippen LogP contribution in [-0.4, -0.2) is 0 Å². The van der Waals surface area contributed by atoms with E-state index in [9.17, 15) is 0 Å². The van der Waals surface area contributed by atoms with E-state index in [4.69, 9.17) is 10.2 Å². The lowest BCUT2D eigenvalue weighted by Crippen LogP contribution is -2.28. The van der Waals surface area contributed by atoms with Crippen molar-refractivity contribution in [1.82, 2.24) is 0 Å². The predicted octanol–water partition coefficient (Wildman–Crippen LogP) is 3.33. The number of nitrogens with two attached hydrogens (primary N) is 1. The van der Waals surface area contributed by atoms with Gasteiger partial charge in [-0.1, -0.05) is 20.8 Å². The zero-order valence-electron chi connectivity index (χ0n) is 9.85. The molecule has 1 unspecified atom stereocenters. The van der Waals surface area contributed by atoms with E-state index in [0.717, 1.165) is 17.9 Å². The van der Waals surface area contributed by atoms with Crippen LogP contribution >= 0.6 is 0 Å². The van der Waals surface area contributed by atoms with Gasteiger partial charge in [-0.2, -0.15) is 0 Å². The van der Waals surface area contributed by atoms with Gasteiger partial charge in [0.05, 0.1) is 6.04 Å². The number of aryl methyl sites for hydroxylation is 2. The first-order chi connectivity index (χ1) is 6.38. The average Bonchev–Trinajstić information content (AvgIpc) is 2.45. The van der Waals surface area contributed by atoms with Gasteiger partial charge in [0.15, 0.2) is 0 Å². The van der Waals surface area contributed by atoms with Crippen LogP contribution in [0.3, 0.4) is 0 Å². The molecule has 1 aromatic heterocycles. The highest BCUT2D eigenvalue weighted by molar-refractivity contribution is 5.21. The zero-order valence-corrected chi connectivity index (χ0v) is 9.85. The summed E-state index contributed by atoms with van der Waals surface area (Å²) in [6.07, 6.45) is 1.05. The number of furan rings is 1. The Morgan fingerprint density at radius 3 is 2.36 bits per heavy atom. The van der Waals surface area contributed by atoms with E-state index < -0.39 is 0 Å². The molecule has 0 aliphatic carbocycles. The Labute approximate surface area is 86.5 Å². The second kappa shape index (κ2) is 3.77. The Morgan fingerprint density at radius 2 is 2.00 bits per heavy atom. The normalized spacial score (nSPS) is 14.4. The molecule has 0 saturated heterocycles. The minimum absolute atomic E-state index is 0.0140. The van der Waals surface area contributed by atoms with E-state index >= 15 is 0 Å². The standard InChI is InChI=1S/C12H21NO/c1-6-12(4,5)11(13)10-7-8(2)9(3)14-10/h7,11H,6,13H2,1-5H3. The zero-order chi connectivity index (χ0) is 10.9. The van der Waals surface area contributed by atoms with Crippen LogP contribution in [0.5, 0.6) is 0 Å². The topological polar surface area (TPSA) is 39.2 Å². The first-order valence-corrected chi connectivity index (χ1v) is 5.21. The molecule has 2 heteroatoms. The quantitative estimate of drug-likeness (QED) is 0.803. The molecule has 1 rings (SSSR count). The molecule has 0 spiro atoms. The second-order valence-corrected chi connectivity index (χ2v) is 4.71. The van der Waals surface area contributed by atoms with Gasteiger partial charge in [0, 0.05) is 0 Å². The van der Waals surface area contributed by atoms with Crippen molar-refractivity contribution in [2.45, 2.75) is 47.1 Å². The lowest BCUT2D eigenvalue weighted by Gasteiger charge is -2.28. The minimum Gasteiger partial charge on any atom is -0.464 e. The third-order valence-corrected chi connectivity index (χ3v) is 3.24.